The summed E-state index contributed by atoms with van der Waals surface area (Å²) in [4.78, 5) is 26.4. The number of urea groups is 1. The van der Waals surface area contributed by atoms with Gasteiger partial charge in [0.05, 0.1) is 28.3 Å². The fraction of sp³-hybridized carbons (Fsp3) is 0.391. The van der Waals surface area contributed by atoms with Crippen LogP contribution in [0.3, 0.4) is 0 Å². The fourth-order valence-electron chi connectivity index (χ4n) is 3.51. The largest absolute Gasteiger partial charge is 0.374 e. The standard InChI is InChI=1S/C23H27Cl2FN4O3/c1-2-27-22(31)18-9-15(4-6-21(18)26)11-28-23(32)29-12-17-14-30(7-8-33-17)13-16-3-5-19(24)20(25)10-16/h3-6,9-10,17H,2,7-8,11-14H2,1H3,(H,27,31)(H2,28,29,32)/t17-/m0/s1. The normalized spacial score (nSPS) is 16.3. The summed E-state index contributed by atoms with van der Waals surface area (Å²) in [6.07, 6.45) is -0.151. The van der Waals surface area contributed by atoms with Gasteiger partial charge in [-0.2, -0.15) is 0 Å². The zero-order valence-corrected chi connectivity index (χ0v) is 19.8. The molecule has 0 unspecified atom stereocenters. The Balaban J connectivity index is 1.44. The van der Waals surface area contributed by atoms with Gasteiger partial charge < -0.3 is 20.7 Å². The van der Waals surface area contributed by atoms with Gasteiger partial charge in [0, 0.05) is 39.3 Å². The van der Waals surface area contributed by atoms with Gasteiger partial charge in [0.2, 0.25) is 0 Å². The SMILES string of the molecule is CCNC(=O)c1cc(CNC(=O)NC[C@H]2CN(Cc3ccc(Cl)c(Cl)c3)CCO2)ccc1F. The quantitative estimate of drug-likeness (QED) is 0.521. The van der Waals surface area contributed by atoms with Gasteiger partial charge in [-0.05, 0) is 42.3 Å². The summed E-state index contributed by atoms with van der Waals surface area (Å²) in [5.41, 5.74) is 1.63. The van der Waals surface area contributed by atoms with Crippen molar-refractivity contribution < 1.29 is 18.7 Å². The smallest absolute Gasteiger partial charge is 0.315 e. The van der Waals surface area contributed by atoms with Gasteiger partial charge >= 0.3 is 6.03 Å². The van der Waals surface area contributed by atoms with Crippen LogP contribution in [-0.4, -0.2) is 55.7 Å². The van der Waals surface area contributed by atoms with Crippen molar-refractivity contribution in [2.24, 2.45) is 0 Å². The zero-order valence-electron chi connectivity index (χ0n) is 18.3. The summed E-state index contributed by atoms with van der Waals surface area (Å²) in [5.74, 6) is -1.09. The molecule has 0 radical (unpaired) electrons. The average molecular weight is 497 g/mol. The second-order valence-corrected chi connectivity index (χ2v) is 8.53. The lowest BCUT2D eigenvalue weighted by Gasteiger charge is -2.33. The number of hydrogen-bond donors (Lipinski definition) is 3. The Morgan fingerprint density at radius 3 is 2.64 bits per heavy atom. The maximum Gasteiger partial charge on any atom is 0.315 e. The Hall–Kier alpha value is -2.39. The molecule has 3 amide bonds. The van der Waals surface area contributed by atoms with E-state index in [0.717, 1.165) is 12.1 Å². The number of halogens is 3. The average Bonchev–Trinajstić information content (AvgIpc) is 2.80. The van der Waals surface area contributed by atoms with E-state index in [-0.39, 0.29) is 24.2 Å². The molecule has 0 aliphatic carbocycles. The van der Waals surface area contributed by atoms with Gasteiger partial charge in [0.25, 0.3) is 5.91 Å². The second kappa shape index (κ2) is 12.2. The Morgan fingerprint density at radius 2 is 1.88 bits per heavy atom. The lowest BCUT2D eigenvalue weighted by Crippen LogP contribution is -2.48. The highest BCUT2D eigenvalue weighted by molar-refractivity contribution is 6.42. The van der Waals surface area contributed by atoms with Crippen LogP contribution in [0.4, 0.5) is 9.18 Å². The van der Waals surface area contributed by atoms with E-state index in [9.17, 15) is 14.0 Å². The van der Waals surface area contributed by atoms with E-state index >= 15 is 0 Å². The summed E-state index contributed by atoms with van der Waals surface area (Å²) in [6.45, 7) is 5.38. The fourth-order valence-corrected chi connectivity index (χ4v) is 3.83. The molecule has 10 heteroatoms. The van der Waals surface area contributed by atoms with Crippen LogP contribution in [0.2, 0.25) is 10.0 Å². The summed E-state index contributed by atoms with van der Waals surface area (Å²) in [5, 5.41) is 9.13. The molecule has 1 heterocycles. The molecule has 1 saturated heterocycles. The van der Waals surface area contributed by atoms with E-state index in [1.54, 1.807) is 13.0 Å². The topological polar surface area (TPSA) is 82.7 Å². The number of morpholine rings is 1. The van der Waals surface area contributed by atoms with Crippen molar-refractivity contribution in [3.8, 4) is 0 Å². The van der Waals surface area contributed by atoms with Gasteiger partial charge in [-0.1, -0.05) is 35.3 Å². The predicted molar refractivity (Wildman–Crippen MR) is 126 cm³/mol. The Morgan fingerprint density at radius 1 is 1.09 bits per heavy atom. The van der Waals surface area contributed by atoms with Crippen molar-refractivity contribution in [3.63, 3.8) is 0 Å². The zero-order chi connectivity index (χ0) is 23.8. The number of benzene rings is 2. The molecule has 0 aromatic heterocycles. The van der Waals surface area contributed by atoms with E-state index in [1.807, 2.05) is 12.1 Å². The van der Waals surface area contributed by atoms with Crippen LogP contribution in [0, 0.1) is 5.82 Å². The maximum absolute atomic E-state index is 13.9. The highest BCUT2D eigenvalue weighted by Crippen LogP contribution is 2.23. The van der Waals surface area contributed by atoms with Crippen molar-refractivity contribution >= 4 is 35.1 Å². The first-order valence-corrected chi connectivity index (χ1v) is 11.5. The third kappa shape index (κ3) is 7.57. The van der Waals surface area contributed by atoms with E-state index in [2.05, 4.69) is 20.9 Å². The van der Waals surface area contributed by atoms with Gasteiger partial charge in [-0.25, -0.2) is 9.18 Å². The monoisotopic (exact) mass is 496 g/mol. The van der Waals surface area contributed by atoms with Crippen molar-refractivity contribution in [3.05, 3.63) is 69.0 Å². The molecule has 3 N–H and O–H groups in total. The van der Waals surface area contributed by atoms with E-state index in [1.165, 1.54) is 18.2 Å². The first kappa shape index (κ1) is 25.2. The van der Waals surface area contributed by atoms with Crippen LogP contribution in [0.15, 0.2) is 36.4 Å². The van der Waals surface area contributed by atoms with Crippen molar-refractivity contribution in [1.82, 2.24) is 20.9 Å². The van der Waals surface area contributed by atoms with Crippen LogP contribution in [-0.2, 0) is 17.8 Å². The third-order valence-electron chi connectivity index (χ3n) is 5.17. The molecule has 1 aliphatic heterocycles. The predicted octanol–water partition coefficient (Wildman–Crippen LogP) is 3.58. The van der Waals surface area contributed by atoms with Gasteiger partial charge in [0.15, 0.2) is 0 Å². The molecule has 1 atom stereocenters. The lowest BCUT2D eigenvalue weighted by atomic mass is 10.1. The number of amides is 3. The van der Waals surface area contributed by atoms with Crippen LogP contribution in [0.25, 0.3) is 0 Å². The highest BCUT2D eigenvalue weighted by Gasteiger charge is 2.21. The van der Waals surface area contributed by atoms with Gasteiger partial charge in [0.1, 0.15) is 5.82 Å². The number of carbonyl (C=O) groups is 2. The molecule has 0 saturated carbocycles. The molecule has 2 aromatic rings. The summed E-state index contributed by atoms with van der Waals surface area (Å²) in [7, 11) is 0. The molecule has 3 rings (SSSR count). The number of hydrogen-bond acceptors (Lipinski definition) is 4. The molecular formula is C23H27Cl2FN4O3. The van der Waals surface area contributed by atoms with Crippen LogP contribution >= 0.6 is 23.2 Å². The minimum atomic E-state index is -0.603. The molecule has 1 fully saturated rings. The first-order chi connectivity index (χ1) is 15.9. The lowest BCUT2D eigenvalue weighted by molar-refractivity contribution is -0.0287. The molecule has 178 valence electrons. The molecule has 2 aromatic carbocycles. The van der Waals surface area contributed by atoms with E-state index in [0.29, 0.717) is 48.4 Å². The molecule has 0 bridgehead atoms. The van der Waals surface area contributed by atoms with Crippen molar-refractivity contribution in [2.45, 2.75) is 26.1 Å². The number of ether oxygens (including phenoxy) is 1. The maximum atomic E-state index is 13.9. The van der Waals surface area contributed by atoms with Gasteiger partial charge in [-0.15, -0.1) is 0 Å². The number of rotatable bonds is 8. The number of nitrogens with zero attached hydrogens (tertiary/aromatic N) is 1. The minimum absolute atomic E-state index is 0.0470. The molecule has 7 nitrogen and oxygen atoms in total. The minimum Gasteiger partial charge on any atom is -0.374 e. The van der Waals surface area contributed by atoms with Crippen LogP contribution in [0.5, 0.6) is 0 Å². The second-order valence-electron chi connectivity index (χ2n) is 7.71. The highest BCUT2D eigenvalue weighted by atomic mass is 35.5. The van der Waals surface area contributed by atoms with E-state index < -0.39 is 11.7 Å². The molecular weight excluding hydrogens is 470 g/mol. The van der Waals surface area contributed by atoms with Crippen molar-refractivity contribution in [2.75, 3.05) is 32.8 Å². The Bertz CT molecular complexity index is 992. The third-order valence-corrected chi connectivity index (χ3v) is 5.91. The van der Waals surface area contributed by atoms with Crippen LogP contribution < -0.4 is 16.0 Å². The Labute approximate surface area is 202 Å². The molecule has 1 aliphatic rings. The number of nitrogens with one attached hydrogen (secondary N) is 3. The summed E-state index contributed by atoms with van der Waals surface area (Å²) in [6, 6.07) is 9.39. The first-order valence-electron chi connectivity index (χ1n) is 10.7. The summed E-state index contributed by atoms with van der Waals surface area (Å²) < 4.78 is 19.6. The van der Waals surface area contributed by atoms with Crippen LogP contribution in [0.1, 0.15) is 28.4 Å². The Kier molecular flexibility index (Phi) is 9.31. The summed E-state index contributed by atoms with van der Waals surface area (Å²) >= 11 is 12.1. The van der Waals surface area contributed by atoms with E-state index in [4.69, 9.17) is 27.9 Å². The number of carbonyl (C=O) groups excluding carboxylic acids is 2. The molecule has 0 spiro atoms. The molecule has 33 heavy (non-hydrogen) atoms. The van der Waals surface area contributed by atoms with Gasteiger partial charge in [-0.3, -0.25) is 9.69 Å². The van der Waals surface area contributed by atoms with Crippen molar-refractivity contribution in [1.29, 1.82) is 0 Å².